The van der Waals surface area contributed by atoms with E-state index in [4.69, 9.17) is 4.74 Å². The number of methoxy groups -OCH3 is 1. The number of anilines is 1. The summed E-state index contributed by atoms with van der Waals surface area (Å²) < 4.78 is 5.45. The minimum Gasteiger partial charge on any atom is -0.496 e. The van der Waals surface area contributed by atoms with Crippen molar-refractivity contribution in [3.8, 4) is 5.75 Å². The molecule has 3 heterocycles. The van der Waals surface area contributed by atoms with Gasteiger partial charge in [0.15, 0.2) is 0 Å². The third kappa shape index (κ3) is 2.79. The van der Waals surface area contributed by atoms with Gasteiger partial charge in [0, 0.05) is 29.6 Å². The van der Waals surface area contributed by atoms with Gasteiger partial charge in [0.05, 0.1) is 12.7 Å². The van der Waals surface area contributed by atoms with Crippen LogP contribution in [0.2, 0.25) is 0 Å². The Hall–Kier alpha value is -2.05. The highest BCUT2D eigenvalue weighted by atomic mass is 32.1. The summed E-state index contributed by atoms with van der Waals surface area (Å²) in [5.74, 6) is 0.788. The smallest absolute Gasteiger partial charge is 0.256 e. The first-order chi connectivity index (χ1) is 12.1. The van der Waals surface area contributed by atoms with Gasteiger partial charge in [-0.05, 0) is 31.9 Å². The second-order valence-corrected chi connectivity index (χ2v) is 7.92. The Kier molecular flexibility index (Phi) is 4.17. The van der Waals surface area contributed by atoms with Gasteiger partial charge in [-0.15, -0.1) is 11.3 Å². The number of carbonyl (C=O) groups is 1. The minimum absolute atomic E-state index is 0.0140. The Morgan fingerprint density at radius 1 is 1.28 bits per heavy atom. The van der Waals surface area contributed by atoms with E-state index in [1.54, 1.807) is 18.4 Å². The molecule has 4 rings (SSSR count). The molecular weight excluding hydrogens is 334 g/mol. The molecule has 1 aromatic heterocycles. The first-order valence-electron chi connectivity index (χ1n) is 8.67. The first-order valence-corrected chi connectivity index (χ1v) is 9.49. The number of para-hydroxylation sites is 1. The number of nitrogens with one attached hydrogen (secondary N) is 2. The third-order valence-corrected chi connectivity index (χ3v) is 6.19. The Bertz CT molecular complexity index is 815. The van der Waals surface area contributed by atoms with E-state index < -0.39 is 0 Å². The van der Waals surface area contributed by atoms with E-state index in [9.17, 15) is 4.79 Å². The second-order valence-electron chi connectivity index (χ2n) is 6.81. The number of rotatable bonds is 3. The molecule has 1 amide bonds. The zero-order chi connectivity index (χ0) is 17.6. The predicted molar refractivity (Wildman–Crippen MR) is 100 cm³/mol. The third-order valence-electron chi connectivity index (χ3n) is 5.04. The molecule has 0 bridgehead atoms. The fraction of sp³-hybridized carbons (Fsp3) is 0.421. The standard InChI is InChI=1S/C19H23N3O2S/c1-11(2)22-9-8-13-15(10-22)25-19-16(13)18(23)20-17(21-19)12-6-4-5-7-14(12)24-3/h4-7,11,17,21H,8-10H2,1-3H3,(H,20,23)/t17-/m1/s1. The number of carbonyl (C=O) groups excluding carboxylic acids is 1. The Morgan fingerprint density at radius 2 is 2.08 bits per heavy atom. The normalized spacial score (nSPS) is 19.8. The second kappa shape index (κ2) is 6.35. The van der Waals surface area contributed by atoms with Crippen molar-refractivity contribution >= 4 is 22.2 Å². The Morgan fingerprint density at radius 3 is 2.84 bits per heavy atom. The van der Waals surface area contributed by atoms with Gasteiger partial charge in [0.1, 0.15) is 16.9 Å². The quantitative estimate of drug-likeness (QED) is 0.884. The molecule has 132 valence electrons. The molecule has 0 unspecified atom stereocenters. The topological polar surface area (TPSA) is 53.6 Å². The largest absolute Gasteiger partial charge is 0.496 e. The Labute approximate surface area is 152 Å². The van der Waals surface area contributed by atoms with E-state index in [1.807, 2.05) is 24.3 Å². The average molecular weight is 357 g/mol. The van der Waals surface area contributed by atoms with Crippen molar-refractivity contribution in [2.75, 3.05) is 19.0 Å². The molecule has 6 heteroatoms. The summed E-state index contributed by atoms with van der Waals surface area (Å²) in [6, 6.07) is 8.31. The maximum Gasteiger partial charge on any atom is 0.256 e. The van der Waals surface area contributed by atoms with Gasteiger partial charge in [-0.1, -0.05) is 18.2 Å². The van der Waals surface area contributed by atoms with Crippen LogP contribution in [-0.4, -0.2) is 30.5 Å². The van der Waals surface area contributed by atoms with Crippen molar-refractivity contribution in [3.05, 3.63) is 45.8 Å². The zero-order valence-corrected chi connectivity index (χ0v) is 15.6. The number of amides is 1. The van der Waals surface area contributed by atoms with Crippen LogP contribution in [0.4, 0.5) is 5.00 Å². The molecule has 2 aliphatic heterocycles. The van der Waals surface area contributed by atoms with E-state index >= 15 is 0 Å². The fourth-order valence-electron chi connectivity index (χ4n) is 3.64. The summed E-state index contributed by atoms with van der Waals surface area (Å²) in [6.07, 6.45) is 0.672. The molecule has 0 saturated carbocycles. The molecule has 0 aliphatic carbocycles. The highest BCUT2D eigenvalue weighted by Gasteiger charge is 2.34. The molecule has 0 radical (unpaired) electrons. The highest BCUT2D eigenvalue weighted by molar-refractivity contribution is 7.16. The van der Waals surface area contributed by atoms with E-state index in [0.717, 1.165) is 41.4 Å². The van der Waals surface area contributed by atoms with Gasteiger partial charge in [0.25, 0.3) is 5.91 Å². The molecular formula is C19H23N3O2S. The van der Waals surface area contributed by atoms with Crippen LogP contribution in [-0.2, 0) is 13.0 Å². The summed E-state index contributed by atoms with van der Waals surface area (Å²) in [5, 5.41) is 7.59. The maximum absolute atomic E-state index is 12.8. The molecule has 2 aliphatic rings. The minimum atomic E-state index is -0.266. The maximum atomic E-state index is 12.8. The van der Waals surface area contributed by atoms with Gasteiger partial charge in [-0.25, -0.2) is 0 Å². The van der Waals surface area contributed by atoms with Gasteiger partial charge < -0.3 is 15.4 Å². The van der Waals surface area contributed by atoms with E-state index in [0.29, 0.717) is 6.04 Å². The number of fused-ring (bicyclic) bond motifs is 3. The van der Waals surface area contributed by atoms with E-state index in [-0.39, 0.29) is 12.1 Å². The van der Waals surface area contributed by atoms with Gasteiger partial charge in [-0.2, -0.15) is 0 Å². The predicted octanol–water partition coefficient (Wildman–Crippen LogP) is 3.38. The lowest BCUT2D eigenvalue weighted by molar-refractivity contribution is 0.0934. The fourth-order valence-corrected chi connectivity index (χ4v) is 4.94. The van der Waals surface area contributed by atoms with Crippen LogP contribution in [0.25, 0.3) is 0 Å². The van der Waals surface area contributed by atoms with Crippen molar-refractivity contribution in [1.82, 2.24) is 10.2 Å². The van der Waals surface area contributed by atoms with Gasteiger partial charge >= 0.3 is 0 Å². The van der Waals surface area contributed by atoms with Crippen molar-refractivity contribution in [1.29, 1.82) is 0 Å². The SMILES string of the molecule is COc1ccccc1[C@@H]1NC(=O)c2c(sc3c2CCN(C(C)C)C3)N1. The lowest BCUT2D eigenvalue weighted by Gasteiger charge is -2.31. The summed E-state index contributed by atoms with van der Waals surface area (Å²) >= 11 is 1.72. The van der Waals surface area contributed by atoms with Crippen molar-refractivity contribution in [2.45, 2.75) is 39.0 Å². The van der Waals surface area contributed by atoms with Crippen LogP contribution in [0.5, 0.6) is 5.75 Å². The first kappa shape index (κ1) is 16.4. The van der Waals surface area contributed by atoms with Gasteiger partial charge in [-0.3, -0.25) is 9.69 Å². The van der Waals surface area contributed by atoms with Crippen LogP contribution in [0.1, 0.15) is 46.4 Å². The molecule has 0 spiro atoms. The molecule has 2 aromatic rings. The number of hydrogen-bond donors (Lipinski definition) is 2. The molecule has 0 saturated heterocycles. The van der Waals surface area contributed by atoms with Crippen LogP contribution >= 0.6 is 11.3 Å². The summed E-state index contributed by atoms with van der Waals surface area (Å²) in [6.45, 7) is 6.39. The number of benzene rings is 1. The van der Waals surface area contributed by atoms with Crippen LogP contribution in [0.15, 0.2) is 24.3 Å². The molecule has 0 fully saturated rings. The molecule has 1 aromatic carbocycles. The number of nitrogens with zero attached hydrogens (tertiary/aromatic N) is 1. The van der Waals surface area contributed by atoms with Crippen molar-refractivity contribution < 1.29 is 9.53 Å². The average Bonchev–Trinajstić information content (AvgIpc) is 2.99. The Balaban J connectivity index is 1.67. The lowest BCUT2D eigenvalue weighted by Crippen LogP contribution is -2.39. The van der Waals surface area contributed by atoms with Crippen molar-refractivity contribution in [3.63, 3.8) is 0 Å². The van der Waals surface area contributed by atoms with Crippen LogP contribution in [0, 0.1) is 0 Å². The van der Waals surface area contributed by atoms with Crippen LogP contribution < -0.4 is 15.4 Å². The number of hydrogen-bond acceptors (Lipinski definition) is 5. The molecule has 5 nitrogen and oxygen atoms in total. The molecule has 1 atom stereocenters. The monoisotopic (exact) mass is 357 g/mol. The highest BCUT2D eigenvalue weighted by Crippen LogP contribution is 2.41. The summed E-state index contributed by atoms with van der Waals surface area (Å²) in [7, 11) is 1.65. The van der Waals surface area contributed by atoms with Crippen LogP contribution in [0.3, 0.4) is 0 Å². The molecule has 2 N–H and O–H groups in total. The summed E-state index contributed by atoms with van der Waals surface area (Å²) in [4.78, 5) is 16.6. The lowest BCUT2D eigenvalue weighted by atomic mass is 9.99. The molecule has 25 heavy (non-hydrogen) atoms. The zero-order valence-electron chi connectivity index (χ0n) is 14.8. The van der Waals surface area contributed by atoms with E-state index in [2.05, 4.69) is 29.4 Å². The number of thiophene rings is 1. The van der Waals surface area contributed by atoms with Gasteiger partial charge in [0.2, 0.25) is 0 Å². The van der Waals surface area contributed by atoms with Crippen molar-refractivity contribution in [2.24, 2.45) is 0 Å². The summed E-state index contributed by atoms with van der Waals surface area (Å²) in [5.41, 5.74) is 3.01. The number of ether oxygens (including phenoxy) is 1. The van der Waals surface area contributed by atoms with E-state index in [1.165, 1.54) is 10.4 Å².